The Morgan fingerprint density at radius 1 is 1.53 bits per heavy atom. The molecule has 7 heteroatoms. The summed E-state index contributed by atoms with van der Waals surface area (Å²) in [6.07, 6.45) is 0.989. The zero-order chi connectivity index (χ0) is 14.8. The first-order valence-corrected chi connectivity index (χ1v) is 8.47. The lowest BCUT2D eigenvalue weighted by atomic mass is 10.1. The van der Waals surface area contributed by atoms with Crippen LogP contribution in [0.4, 0.5) is 0 Å². The first-order valence-electron chi connectivity index (χ1n) is 6.04. The molecular formula is C12H20N2O3S2. The molecule has 0 aliphatic heterocycles. The summed E-state index contributed by atoms with van der Waals surface area (Å²) in [4.78, 5) is 13.9. The van der Waals surface area contributed by atoms with Gasteiger partial charge >= 0.3 is 0 Å². The Bertz CT molecular complexity index is 564. The lowest BCUT2D eigenvalue weighted by Gasteiger charge is -2.20. The van der Waals surface area contributed by atoms with Crippen molar-refractivity contribution in [2.45, 2.75) is 31.4 Å². The highest BCUT2D eigenvalue weighted by Crippen LogP contribution is 2.26. The van der Waals surface area contributed by atoms with E-state index >= 15 is 0 Å². The molecule has 1 atom stereocenters. The van der Waals surface area contributed by atoms with E-state index in [9.17, 15) is 13.2 Å². The monoisotopic (exact) mass is 304 g/mol. The largest absolute Gasteiger partial charge is 0.341 e. The first kappa shape index (κ1) is 16.1. The molecule has 1 aromatic heterocycles. The Hall–Kier alpha value is -0.920. The lowest BCUT2D eigenvalue weighted by molar-refractivity contribution is 0.0774. The van der Waals surface area contributed by atoms with Crippen molar-refractivity contribution in [3.05, 3.63) is 16.5 Å². The average Bonchev–Trinajstić information content (AvgIpc) is 2.69. The molecule has 0 aliphatic carbocycles. The van der Waals surface area contributed by atoms with Crippen LogP contribution >= 0.6 is 11.3 Å². The fraction of sp³-hybridized carbons (Fsp3) is 0.583. The van der Waals surface area contributed by atoms with Gasteiger partial charge in [-0.2, -0.15) is 0 Å². The summed E-state index contributed by atoms with van der Waals surface area (Å²) in [5, 5.41) is 6.67. The van der Waals surface area contributed by atoms with Crippen LogP contribution in [0.25, 0.3) is 0 Å². The van der Waals surface area contributed by atoms with E-state index in [0.717, 1.165) is 17.8 Å². The van der Waals surface area contributed by atoms with Crippen molar-refractivity contribution in [1.82, 2.24) is 4.90 Å². The molecule has 1 heterocycles. The van der Waals surface area contributed by atoms with Gasteiger partial charge in [0.15, 0.2) is 0 Å². The molecule has 0 bridgehead atoms. The molecule has 0 aliphatic rings. The molecule has 0 radical (unpaired) electrons. The van der Waals surface area contributed by atoms with Gasteiger partial charge in [0.05, 0.1) is 5.56 Å². The molecule has 2 N–H and O–H groups in total. The Labute approximate surface area is 118 Å². The number of hydrogen-bond donors (Lipinski definition) is 1. The van der Waals surface area contributed by atoms with E-state index in [0.29, 0.717) is 23.6 Å². The topological polar surface area (TPSA) is 80.5 Å². The van der Waals surface area contributed by atoms with E-state index in [2.05, 4.69) is 13.8 Å². The van der Waals surface area contributed by atoms with Crippen molar-refractivity contribution in [2.75, 3.05) is 13.6 Å². The van der Waals surface area contributed by atoms with Crippen molar-refractivity contribution in [1.29, 1.82) is 0 Å². The van der Waals surface area contributed by atoms with Crippen LogP contribution in [0, 0.1) is 12.8 Å². The number of primary sulfonamides is 1. The zero-order valence-corrected chi connectivity index (χ0v) is 13.3. The summed E-state index contributed by atoms with van der Waals surface area (Å²) < 4.78 is 22.8. The normalized spacial score (nSPS) is 13.3. The summed E-state index contributed by atoms with van der Waals surface area (Å²) in [7, 11) is -2.03. The molecule has 1 rings (SSSR count). The maximum absolute atomic E-state index is 12.3. The van der Waals surface area contributed by atoms with Gasteiger partial charge in [0.1, 0.15) is 4.21 Å². The molecule has 0 spiro atoms. The van der Waals surface area contributed by atoms with Crippen LogP contribution < -0.4 is 5.14 Å². The Morgan fingerprint density at radius 2 is 2.11 bits per heavy atom. The summed E-state index contributed by atoms with van der Waals surface area (Å²) in [5.74, 6) is 0.245. The predicted octanol–water partition coefficient (Wildman–Crippen LogP) is 1.82. The average molecular weight is 304 g/mol. The van der Waals surface area contributed by atoms with Crippen molar-refractivity contribution < 1.29 is 13.2 Å². The van der Waals surface area contributed by atoms with Crippen LogP contribution in [0.1, 0.15) is 36.2 Å². The second-order valence-corrected chi connectivity index (χ2v) is 7.44. The van der Waals surface area contributed by atoms with Crippen LogP contribution in [0.15, 0.2) is 9.59 Å². The van der Waals surface area contributed by atoms with E-state index in [1.165, 1.54) is 0 Å². The van der Waals surface area contributed by atoms with Crippen LogP contribution in [-0.4, -0.2) is 32.8 Å². The molecular weight excluding hydrogens is 284 g/mol. The highest BCUT2D eigenvalue weighted by atomic mass is 32.2. The number of rotatable bonds is 5. The third-order valence-electron chi connectivity index (χ3n) is 3.11. The zero-order valence-electron chi connectivity index (χ0n) is 11.6. The molecule has 1 amide bonds. The third kappa shape index (κ3) is 3.77. The van der Waals surface area contributed by atoms with E-state index in [-0.39, 0.29) is 10.1 Å². The van der Waals surface area contributed by atoms with Crippen molar-refractivity contribution >= 4 is 27.3 Å². The standard InChI is InChI=1S/C12H20N2O3S2/c1-5-8(2)6-14(4)11(15)10-7-18-12(9(10)3)19(13,16)17/h7-8H,5-6H2,1-4H3,(H2,13,16,17). The number of nitrogens with two attached hydrogens (primary N) is 1. The second kappa shape index (κ2) is 6.02. The third-order valence-corrected chi connectivity index (χ3v) is 5.79. The fourth-order valence-electron chi connectivity index (χ4n) is 1.78. The van der Waals surface area contributed by atoms with Gasteiger partial charge in [0.25, 0.3) is 5.91 Å². The summed E-state index contributed by atoms with van der Waals surface area (Å²) in [6.45, 7) is 6.40. The summed E-state index contributed by atoms with van der Waals surface area (Å²) in [5.41, 5.74) is 0.855. The first-order chi connectivity index (χ1) is 8.68. The van der Waals surface area contributed by atoms with E-state index in [4.69, 9.17) is 5.14 Å². The van der Waals surface area contributed by atoms with Gasteiger partial charge in [0, 0.05) is 19.0 Å². The quantitative estimate of drug-likeness (QED) is 0.901. The second-order valence-electron chi connectivity index (χ2n) is 4.81. The van der Waals surface area contributed by atoms with Crippen molar-refractivity contribution in [3.63, 3.8) is 0 Å². The van der Waals surface area contributed by atoms with Gasteiger partial charge in [0.2, 0.25) is 10.0 Å². The van der Waals surface area contributed by atoms with Crippen molar-refractivity contribution in [2.24, 2.45) is 11.1 Å². The Kier molecular flexibility index (Phi) is 5.11. The van der Waals surface area contributed by atoms with Gasteiger partial charge in [-0.3, -0.25) is 4.79 Å². The van der Waals surface area contributed by atoms with Crippen LogP contribution in [0.2, 0.25) is 0 Å². The maximum atomic E-state index is 12.3. The smallest absolute Gasteiger partial charge is 0.254 e. The molecule has 108 valence electrons. The number of nitrogens with zero attached hydrogens (tertiary/aromatic N) is 1. The highest BCUT2D eigenvalue weighted by Gasteiger charge is 2.23. The lowest BCUT2D eigenvalue weighted by Crippen LogP contribution is -2.31. The van der Waals surface area contributed by atoms with Gasteiger partial charge in [-0.1, -0.05) is 20.3 Å². The summed E-state index contributed by atoms with van der Waals surface area (Å²) in [6, 6.07) is 0. The van der Waals surface area contributed by atoms with Crippen LogP contribution in [0.5, 0.6) is 0 Å². The van der Waals surface area contributed by atoms with Gasteiger partial charge in [-0.05, 0) is 18.4 Å². The SMILES string of the molecule is CCC(C)CN(C)C(=O)c1csc(S(N)(=O)=O)c1C. The van der Waals surface area contributed by atoms with Gasteiger partial charge in [-0.15, -0.1) is 11.3 Å². The fourth-order valence-corrected chi connectivity index (χ4v) is 3.78. The van der Waals surface area contributed by atoms with E-state index in [1.54, 1.807) is 24.3 Å². The number of sulfonamides is 1. The molecule has 5 nitrogen and oxygen atoms in total. The minimum atomic E-state index is -3.75. The number of thiophene rings is 1. The van der Waals surface area contributed by atoms with E-state index < -0.39 is 10.0 Å². The molecule has 1 unspecified atom stereocenters. The molecule has 0 fully saturated rings. The number of hydrogen-bond acceptors (Lipinski definition) is 4. The number of amides is 1. The van der Waals surface area contributed by atoms with E-state index in [1.807, 2.05) is 0 Å². The maximum Gasteiger partial charge on any atom is 0.254 e. The number of carbonyl (C=O) groups is 1. The number of carbonyl (C=O) groups excluding carboxylic acids is 1. The molecule has 19 heavy (non-hydrogen) atoms. The predicted molar refractivity (Wildman–Crippen MR) is 76.8 cm³/mol. The van der Waals surface area contributed by atoms with Crippen LogP contribution in [-0.2, 0) is 10.0 Å². The summed E-state index contributed by atoms with van der Waals surface area (Å²) >= 11 is 0.993. The Morgan fingerprint density at radius 3 is 2.53 bits per heavy atom. The Balaban J connectivity index is 2.99. The van der Waals surface area contributed by atoms with Crippen LogP contribution in [0.3, 0.4) is 0 Å². The minimum absolute atomic E-state index is 0.0628. The molecule has 0 saturated heterocycles. The van der Waals surface area contributed by atoms with Gasteiger partial charge < -0.3 is 4.90 Å². The van der Waals surface area contributed by atoms with Crippen molar-refractivity contribution in [3.8, 4) is 0 Å². The molecule has 0 saturated carbocycles. The molecule has 0 aromatic carbocycles. The highest BCUT2D eigenvalue weighted by molar-refractivity contribution is 7.91. The minimum Gasteiger partial charge on any atom is -0.341 e. The van der Waals surface area contributed by atoms with Gasteiger partial charge in [-0.25, -0.2) is 13.6 Å². The molecule has 1 aromatic rings.